The second kappa shape index (κ2) is 8.43. The number of hydrogen-bond donors (Lipinski definition) is 1. The second-order valence-corrected chi connectivity index (χ2v) is 7.82. The summed E-state index contributed by atoms with van der Waals surface area (Å²) in [6.07, 6.45) is 0.496. The van der Waals surface area contributed by atoms with Crippen LogP contribution in [-0.4, -0.2) is 50.7 Å². The number of fused-ring (bicyclic) bond motifs is 1. The van der Waals surface area contributed by atoms with Crippen LogP contribution in [0.4, 0.5) is 0 Å². The van der Waals surface area contributed by atoms with Gasteiger partial charge in [0.15, 0.2) is 5.78 Å². The van der Waals surface area contributed by atoms with Gasteiger partial charge < -0.3 is 14.8 Å². The number of ether oxygens (including phenoxy) is 2. The van der Waals surface area contributed by atoms with E-state index in [1.807, 2.05) is 36.4 Å². The van der Waals surface area contributed by atoms with Crippen molar-refractivity contribution in [3.63, 3.8) is 0 Å². The smallest absolute Gasteiger partial charge is 0.269 e. The molecule has 4 atom stereocenters. The van der Waals surface area contributed by atoms with Gasteiger partial charge in [-0.05, 0) is 35.4 Å². The minimum absolute atomic E-state index is 0.0578. The molecule has 4 rings (SSSR count). The van der Waals surface area contributed by atoms with Crippen molar-refractivity contribution in [1.82, 2.24) is 10.3 Å². The summed E-state index contributed by atoms with van der Waals surface area (Å²) in [4.78, 5) is 29.9. The van der Waals surface area contributed by atoms with Crippen molar-refractivity contribution in [1.29, 1.82) is 0 Å². The molecule has 2 fully saturated rings. The van der Waals surface area contributed by atoms with E-state index in [9.17, 15) is 9.59 Å². The van der Waals surface area contributed by atoms with Crippen molar-refractivity contribution in [2.75, 3.05) is 34.0 Å². The third kappa shape index (κ3) is 4.09. The number of nitrogens with zero attached hydrogens (tertiary/aromatic N) is 1. The molecule has 6 nitrogen and oxygen atoms in total. The monoisotopic (exact) mass is 394 g/mol. The standard InChI is InChI=1S/C23H26N2O4/c1-24-23(27)21-9-15(22(26)10-16-18-12-29-13-19(16)18)8-20(25-21)17(11-28-2)14-6-4-3-5-7-14/h3-9,16-19H,10-13H2,1-2H3,(H,24,27)/t16?,17-,18-,19+/m1/s1. The van der Waals surface area contributed by atoms with E-state index in [2.05, 4.69) is 10.3 Å². The number of carbonyl (C=O) groups is 2. The summed E-state index contributed by atoms with van der Waals surface area (Å²) in [6, 6.07) is 13.3. The van der Waals surface area contributed by atoms with Crippen molar-refractivity contribution < 1.29 is 19.1 Å². The summed E-state index contributed by atoms with van der Waals surface area (Å²) in [5, 5.41) is 2.61. The maximum Gasteiger partial charge on any atom is 0.269 e. The van der Waals surface area contributed by atoms with Gasteiger partial charge in [-0.15, -0.1) is 0 Å². The quantitative estimate of drug-likeness (QED) is 0.697. The number of aromatic nitrogens is 1. The van der Waals surface area contributed by atoms with Gasteiger partial charge >= 0.3 is 0 Å². The number of carbonyl (C=O) groups excluding carboxylic acids is 2. The summed E-state index contributed by atoms with van der Waals surface area (Å²) in [5.74, 6) is 1.03. The molecule has 1 aliphatic carbocycles. The van der Waals surface area contributed by atoms with Crippen LogP contribution in [0.15, 0.2) is 42.5 Å². The Morgan fingerprint density at radius 2 is 1.93 bits per heavy atom. The molecule has 6 heteroatoms. The molecule has 1 aromatic carbocycles. The number of amides is 1. The van der Waals surface area contributed by atoms with Crippen LogP contribution in [0, 0.1) is 17.8 Å². The molecule has 1 unspecified atom stereocenters. The number of rotatable bonds is 8. The van der Waals surface area contributed by atoms with Gasteiger partial charge in [0.25, 0.3) is 5.91 Å². The Hall–Kier alpha value is -2.57. The zero-order valence-corrected chi connectivity index (χ0v) is 16.8. The molecular formula is C23H26N2O4. The van der Waals surface area contributed by atoms with Crippen LogP contribution in [0.5, 0.6) is 0 Å². The highest BCUT2D eigenvalue weighted by Gasteiger charge is 2.54. The Balaban J connectivity index is 1.66. The van der Waals surface area contributed by atoms with Gasteiger partial charge in [-0.2, -0.15) is 0 Å². The predicted octanol–water partition coefficient (Wildman–Crippen LogP) is 2.68. The zero-order valence-electron chi connectivity index (χ0n) is 16.8. The molecule has 2 aromatic rings. The molecule has 0 bridgehead atoms. The minimum Gasteiger partial charge on any atom is -0.384 e. The molecule has 0 radical (unpaired) electrons. The molecule has 1 aromatic heterocycles. The largest absolute Gasteiger partial charge is 0.384 e. The van der Waals surface area contributed by atoms with Crippen LogP contribution < -0.4 is 5.32 Å². The molecule has 1 aliphatic heterocycles. The lowest BCUT2D eigenvalue weighted by Crippen LogP contribution is -2.22. The highest BCUT2D eigenvalue weighted by molar-refractivity contribution is 6.00. The van der Waals surface area contributed by atoms with Crippen LogP contribution in [0.2, 0.25) is 0 Å². The lowest BCUT2D eigenvalue weighted by Gasteiger charge is -2.18. The van der Waals surface area contributed by atoms with E-state index >= 15 is 0 Å². The van der Waals surface area contributed by atoms with Crippen LogP contribution in [0.25, 0.3) is 0 Å². The highest BCUT2D eigenvalue weighted by atomic mass is 16.5. The van der Waals surface area contributed by atoms with E-state index in [1.165, 1.54) is 0 Å². The van der Waals surface area contributed by atoms with Crippen molar-refractivity contribution >= 4 is 11.7 Å². The summed E-state index contributed by atoms with van der Waals surface area (Å²) in [6.45, 7) is 1.93. The fourth-order valence-corrected chi connectivity index (χ4v) is 4.33. The first-order valence-electron chi connectivity index (χ1n) is 10.0. The van der Waals surface area contributed by atoms with E-state index < -0.39 is 0 Å². The first kappa shape index (κ1) is 19.7. The van der Waals surface area contributed by atoms with Crippen LogP contribution in [0.1, 0.15) is 44.4 Å². The van der Waals surface area contributed by atoms with E-state index in [4.69, 9.17) is 9.47 Å². The van der Waals surface area contributed by atoms with Crippen molar-refractivity contribution in [3.05, 3.63) is 65.0 Å². The van der Waals surface area contributed by atoms with Gasteiger partial charge in [0.05, 0.1) is 25.5 Å². The van der Waals surface area contributed by atoms with Crippen molar-refractivity contribution in [3.8, 4) is 0 Å². The summed E-state index contributed by atoms with van der Waals surface area (Å²) in [5.41, 5.74) is 2.49. The second-order valence-electron chi connectivity index (χ2n) is 7.82. The number of pyridine rings is 1. The summed E-state index contributed by atoms with van der Waals surface area (Å²) in [7, 11) is 3.20. The van der Waals surface area contributed by atoms with Gasteiger partial charge in [0.1, 0.15) is 5.69 Å². The number of Topliss-reactive ketones (excluding diaryl/α,β-unsaturated/α-hetero) is 1. The average molecular weight is 394 g/mol. The topological polar surface area (TPSA) is 77.5 Å². The Kier molecular flexibility index (Phi) is 5.74. The van der Waals surface area contributed by atoms with E-state index in [0.29, 0.717) is 42.0 Å². The fraction of sp³-hybridized carbons (Fsp3) is 0.435. The van der Waals surface area contributed by atoms with Gasteiger partial charge in [-0.25, -0.2) is 4.98 Å². The lowest BCUT2D eigenvalue weighted by molar-refractivity contribution is 0.0950. The van der Waals surface area contributed by atoms with Crippen LogP contribution >= 0.6 is 0 Å². The first-order chi connectivity index (χ1) is 14.1. The fourth-order valence-electron chi connectivity index (χ4n) is 4.33. The van der Waals surface area contributed by atoms with E-state index in [-0.39, 0.29) is 23.3 Å². The average Bonchev–Trinajstić information content (AvgIpc) is 3.17. The predicted molar refractivity (Wildman–Crippen MR) is 108 cm³/mol. The van der Waals surface area contributed by atoms with Crippen molar-refractivity contribution in [2.24, 2.45) is 17.8 Å². The maximum absolute atomic E-state index is 13.0. The van der Waals surface area contributed by atoms with Crippen molar-refractivity contribution in [2.45, 2.75) is 12.3 Å². The number of benzene rings is 1. The van der Waals surface area contributed by atoms with E-state index in [1.54, 1.807) is 20.2 Å². The van der Waals surface area contributed by atoms with Crippen LogP contribution in [-0.2, 0) is 9.47 Å². The molecule has 29 heavy (non-hydrogen) atoms. The Bertz CT molecular complexity index is 889. The number of methoxy groups -OCH3 is 1. The first-order valence-corrected chi connectivity index (χ1v) is 10.0. The molecule has 1 saturated carbocycles. The highest BCUT2D eigenvalue weighted by Crippen LogP contribution is 2.53. The molecule has 2 heterocycles. The maximum atomic E-state index is 13.0. The Morgan fingerprint density at radius 3 is 2.59 bits per heavy atom. The number of nitrogens with one attached hydrogen (secondary N) is 1. The molecule has 2 aliphatic rings. The van der Waals surface area contributed by atoms with Gasteiger partial charge in [0.2, 0.25) is 0 Å². The molecule has 1 saturated heterocycles. The SMILES string of the molecule is CNC(=O)c1cc(C(=O)CC2[C@H]3COC[C@@H]23)cc([C@H](COC)c2ccccc2)n1. The van der Waals surface area contributed by atoms with E-state index in [0.717, 1.165) is 18.8 Å². The third-order valence-corrected chi connectivity index (χ3v) is 6.07. The molecule has 0 spiro atoms. The minimum atomic E-state index is -0.304. The Morgan fingerprint density at radius 1 is 1.21 bits per heavy atom. The van der Waals surface area contributed by atoms with Gasteiger partial charge in [0, 0.05) is 32.1 Å². The zero-order chi connectivity index (χ0) is 20.4. The van der Waals surface area contributed by atoms with Gasteiger partial charge in [-0.1, -0.05) is 30.3 Å². The lowest BCUT2D eigenvalue weighted by atomic mass is 9.93. The number of hydrogen-bond acceptors (Lipinski definition) is 5. The molecule has 1 amide bonds. The summed E-state index contributed by atoms with van der Waals surface area (Å²) < 4.78 is 10.9. The Labute approximate surface area is 170 Å². The number of ketones is 1. The molecule has 1 N–H and O–H groups in total. The summed E-state index contributed by atoms with van der Waals surface area (Å²) >= 11 is 0. The van der Waals surface area contributed by atoms with Crippen LogP contribution in [0.3, 0.4) is 0 Å². The molecule has 152 valence electrons. The molecular weight excluding hydrogens is 368 g/mol. The normalized spacial score (nSPS) is 23.3. The third-order valence-electron chi connectivity index (χ3n) is 6.07. The van der Waals surface area contributed by atoms with Gasteiger partial charge in [-0.3, -0.25) is 9.59 Å².